The van der Waals surface area contributed by atoms with Crippen molar-refractivity contribution in [3.05, 3.63) is 64.9 Å². The fourth-order valence-electron chi connectivity index (χ4n) is 2.43. The van der Waals surface area contributed by atoms with Crippen molar-refractivity contribution in [1.29, 1.82) is 0 Å². The molecular weight excluding hydrogens is 372 g/mol. The van der Waals surface area contributed by atoms with Crippen LogP contribution in [0.2, 0.25) is 5.02 Å². The first-order chi connectivity index (χ1) is 12.5. The highest BCUT2D eigenvalue weighted by atomic mass is 35.5. The Labute approximate surface area is 160 Å². The van der Waals surface area contributed by atoms with Crippen molar-refractivity contribution in [3.63, 3.8) is 0 Å². The van der Waals surface area contributed by atoms with E-state index in [-0.39, 0.29) is 18.1 Å². The number of halogens is 1. The highest BCUT2D eigenvalue weighted by Crippen LogP contribution is 2.24. The third kappa shape index (κ3) is 4.39. The molecule has 0 radical (unpaired) electrons. The number of fused-ring (bicyclic) bond motifs is 1. The monoisotopic (exact) mass is 388 g/mol. The van der Waals surface area contributed by atoms with Crippen molar-refractivity contribution in [3.8, 4) is 0 Å². The fourth-order valence-corrected chi connectivity index (χ4v) is 3.41. The number of aryl methyl sites for hydroxylation is 1. The molecule has 2 amide bonds. The number of carbonyl (C=O) groups is 2. The minimum atomic E-state index is -0.475. The van der Waals surface area contributed by atoms with E-state index in [9.17, 15) is 9.59 Å². The van der Waals surface area contributed by atoms with Gasteiger partial charge in [0.1, 0.15) is 5.58 Å². The Morgan fingerprint density at radius 1 is 1.08 bits per heavy atom. The Morgan fingerprint density at radius 2 is 1.81 bits per heavy atom. The van der Waals surface area contributed by atoms with Crippen LogP contribution in [0.3, 0.4) is 0 Å². The molecule has 26 heavy (non-hydrogen) atoms. The summed E-state index contributed by atoms with van der Waals surface area (Å²) >= 11 is 7.38. The molecule has 7 heteroatoms. The number of carbonyl (C=O) groups excluding carboxylic acids is 2. The summed E-state index contributed by atoms with van der Waals surface area (Å²) in [5, 5.41) is 1.55. The number of furan rings is 1. The summed E-state index contributed by atoms with van der Waals surface area (Å²) in [5.41, 5.74) is 6.19. The van der Waals surface area contributed by atoms with Crippen LogP contribution in [0.1, 0.15) is 22.5 Å². The van der Waals surface area contributed by atoms with Crippen LogP contribution in [0.25, 0.3) is 11.0 Å². The maximum Gasteiger partial charge on any atom is 0.305 e. The van der Waals surface area contributed by atoms with Crippen molar-refractivity contribution < 1.29 is 14.0 Å². The quantitative estimate of drug-likeness (QED) is 0.504. The zero-order valence-electron chi connectivity index (χ0n) is 14.0. The second-order valence-corrected chi connectivity index (χ2v) is 7.21. The van der Waals surface area contributed by atoms with Crippen molar-refractivity contribution >= 4 is 46.1 Å². The van der Waals surface area contributed by atoms with Gasteiger partial charge in [-0.3, -0.25) is 20.4 Å². The van der Waals surface area contributed by atoms with E-state index in [1.54, 1.807) is 30.0 Å². The Kier molecular flexibility index (Phi) is 5.85. The van der Waals surface area contributed by atoms with Crippen LogP contribution in [0.4, 0.5) is 0 Å². The molecule has 2 N–H and O–H groups in total. The molecule has 0 spiro atoms. The maximum atomic E-state index is 12.2. The van der Waals surface area contributed by atoms with Gasteiger partial charge in [0.15, 0.2) is 5.76 Å². The molecule has 2 aromatic carbocycles. The van der Waals surface area contributed by atoms with Crippen LogP contribution < -0.4 is 10.9 Å². The Balaban J connectivity index is 1.48. The van der Waals surface area contributed by atoms with Crippen LogP contribution in [-0.4, -0.2) is 17.6 Å². The minimum absolute atomic E-state index is 0.196. The zero-order chi connectivity index (χ0) is 18.5. The molecule has 0 fully saturated rings. The van der Waals surface area contributed by atoms with Gasteiger partial charge in [-0.2, -0.15) is 0 Å². The third-order valence-electron chi connectivity index (χ3n) is 3.78. The van der Waals surface area contributed by atoms with Gasteiger partial charge < -0.3 is 4.42 Å². The lowest BCUT2D eigenvalue weighted by atomic mass is 10.1. The smallest absolute Gasteiger partial charge is 0.305 e. The first kappa shape index (κ1) is 18.4. The predicted octanol–water partition coefficient (Wildman–Crippen LogP) is 4.34. The van der Waals surface area contributed by atoms with Gasteiger partial charge >= 0.3 is 5.91 Å². The normalized spacial score (nSPS) is 10.7. The molecule has 0 saturated heterocycles. The lowest BCUT2D eigenvalue weighted by Gasteiger charge is -2.06. The van der Waals surface area contributed by atoms with E-state index in [0.717, 1.165) is 15.8 Å². The summed E-state index contributed by atoms with van der Waals surface area (Å²) in [7, 11) is 0. The Hall–Kier alpha value is -2.44. The number of thioether (sulfide) groups is 1. The first-order valence-electron chi connectivity index (χ1n) is 8.00. The van der Waals surface area contributed by atoms with Crippen molar-refractivity contribution in [2.24, 2.45) is 0 Å². The van der Waals surface area contributed by atoms with Crippen LogP contribution in [0.15, 0.2) is 57.8 Å². The number of hydrazine groups is 1. The van der Waals surface area contributed by atoms with E-state index in [2.05, 4.69) is 10.9 Å². The fraction of sp³-hybridized carbons (Fsp3) is 0.158. The minimum Gasteiger partial charge on any atom is -0.451 e. The van der Waals surface area contributed by atoms with Crippen molar-refractivity contribution in [2.75, 3.05) is 5.75 Å². The van der Waals surface area contributed by atoms with Gasteiger partial charge in [0, 0.05) is 33.0 Å². The second-order valence-electron chi connectivity index (χ2n) is 5.61. The molecule has 0 atom stereocenters. The number of nitrogens with one attached hydrogen (secondary N) is 2. The van der Waals surface area contributed by atoms with Gasteiger partial charge in [0.25, 0.3) is 0 Å². The van der Waals surface area contributed by atoms with Gasteiger partial charge in [0.05, 0.1) is 0 Å². The average Bonchev–Trinajstić information content (AvgIpc) is 2.98. The van der Waals surface area contributed by atoms with E-state index >= 15 is 0 Å². The van der Waals surface area contributed by atoms with E-state index in [4.69, 9.17) is 16.0 Å². The maximum absolute atomic E-state index is 12.2. The molecule has 0 saturated carbocycles. The van der Waals surface area contributed by atoms with Gasteiger partial charge in [0.2, 0.25) is 5.91 Å². The molecule has 134 valence electrons. The molecule has 0 aliphatic carbocycles. The summed E-state index contributed by atoms with van der Waals surface area (Å²) < 4.78 is 5.56. The largest absolute Gasteiger partial charge is 0.451 e. The predicted molar refractivity (Wildman–Crippen MR) is 103 cm³/mol. The molecule has 1 heterocycles. The number of rotatable bonds is 5. The third-order valence-corrected chi connectivity index (χ3v) is 5.04. The van der Waals surface area contributed by atoms with E-state index in [0.29, 0.717) is 16.4 Å². The van der Waals surface area contributed by atoms with Crippen molar-refractivity contribution in [2.45, 2.75) is 18.2 Å². The summed E-state index contributed by atoms with van der Waals surface area (Å²) in [5.74, 6) is 0.0422. The molecule has 0 unspecified atom stereocenters. The van der Waals surface area contributed by atoms with Gasteiger partial charge in [-0.15, -0.1) is 11.8 Å². The van der Waals surface area contributed by atoms with Gasteiger partial charge in [-0.1, -0.05) is 29.8 Å². The molecule has 3 rings (SSSR count). The Morgan fingerprint density at radius 3 is 2.54 bits per heavy atom. The lowest BCUT2D eigenvalue weighted by Crippen LogP contribution is -2.41. The summed E-state index contributed by atoms with van der Waals surface area (Å²) in [6.07, 6.45) is 0.271. The zero-order valence-corrected chi connectivity index (χ0v) is 15.6. The molecule has 5 nitrogen and oxygen atoms in total. The van der Waals surface area contributed by atoms with Crippen LogP contribution in [-0.2, 0) is 4.79 Å². The number of benzene rings is 2. The van der Waals surface area contributed by atoms with E-state index < -0.39 is 5.91 Å². The number of hydrogen-bond donors (Lipinski definition) is 2. The molecule has 0 aliphatic heterocycles. The average molecular weight is 389 g/mol. The van der Waals surface area contributed by atoms with E-state index in [1.807, 2.05) is 37.3 Å². The summed E-state index contributed by atoms with van der Waals surface area (Å²) in [6.45, 7) is 1.81. The number of para-hydroxylation sites is 1. The molecule has 3 aromatic rings. The highest BCUT2D eigenvalue weighted by Gasteiger charge is 2.17. The highest BCUT2D eigenvalue weighted by molar-refractivity contribution is 7.99. The van der Waals surface area contributed by atoms with E-state index in [1.165, 1.54) is 0 Å². The first-order valence-corrected chi connectivity index (χ1v) is 9.36. The molecule has 0 bridgehead atoms. The molecular formula is C19H17ClN2O3S. The van der Waals surface area contributed by atoms with Crippen molar-refractivity contribution in [1.82, 2.24) is 10.9 Å². The number of amides is 2. The number of hydrogen-bond acceptors (Lipinski definition) is 4. The Bertz CT molecular complexity index is 938. The second kappa shape index (κ2) is 8.29. The van der Waals surface area contributed by atoms with Crippen LogP contribution in [0.5, 0.6) is 0 Å². The SMILES string of the molecule is Cc1c(C(=O)NNC(=O)CCSc2ccc(Cl)cc2)oc2ccccc12. The molecule has 0 aliphatic rings. The van der Waals surface area contributed by atoms with Gasteiger partial charge in [-0.05, 0) is 37.3 Å². The molecule has 1 aromatic heterocycles. The van der Waals surface area contributed by atoms with Gasteiger partial charge in [-0.25, -0.2) is 0 Å². The standard InChI is InChI=1S/C19H17ClN2O3S/c1-12-15-4-2-3-5-16(15)25-18(12)19(24)22-21-17(23)10-11-26-14-8-6-13(20)7-9-14/h2-9H,10-11H2,1H3,(H,21,23)(H,22,24). The van der Waals surface area contributed by atoms with Crippen LogP contribution in [0, 0.1) is 6.92 Å². The summed E-state index contributed by atoms with van der Waals surface area (Å²) in [6, 6.07) is 14.8. The topological polar surface area (TPSA) is 71.3 Å². The van der Waals surface area contributed by atoms with Crippen LogP contribution >= 0.6 is 23.4 Å². The lowest BCUT2D eigenvalue weighted by molar-refractivity contribution is -0.121. The summed E-state index contributed by atoms with van der Waals surface area (Å²) in [4.78, 5) is 25.2.